The van der Waals surface area contributed by atoms with E-state index in [1.54, 1.807) is 13.1 Å². The topological polar surface area (TPSA) is 99.1 Å². The molecule has 2 aliphatic rings. The lowest BCUT2D eigenvalue weighted by atomic mass is 10.1. The molecule has 0 amide bonds. The monoisotopic (exact) mass is 405 g/mol. The van der Waals surface area contributed by atoms with Crippen molar-refractivity contribution >= 4 is 28.5 Å². The van der Waals surface area contributed by atoms with E-state index in [9.17, 15) is 5.11 Å². The summed E-state index contributed by atoms with van der Waals surface area (Å²) in [5, 5.41) is 17.6. The Bertz CT molecular complexity index is 1060. The highest BCUT2D eigenvalue weighted by molar-refractivity contribution is 5.89. The number of hydrogen-bond acceptors (Lipinski definition) is 8. The number of hydrogen-bond donors (Lipinski definition) is 3. The fourth-order valence-corrected chi connectivity index (χ4v) is 4.16. The van der Waals surface area contributed by atoms with Gasteiger partial charge in [-0.1, -0.05) is 6.07 Å². The third-order valence-corrected chi connectivity index (χ3v) is 5.81. The first kappa shape index (κ1) is 19.1. The molecule has 30 heavy (non-hydrogen) atoms. The summed E-state index contributed by atoms with van der Waals surface area (Å²) in [4.78, 5) is 21.1. The standard InChI is InChI=1S/C22H27N7O/c1-14(30)18-11-16-13-24-22(27-19-6-5-15-12-23-8-7-17(15)25-19)28-20(16)21(26-18)29-9-3-2-4-10-29/h5-6,11,13-14,23,30H,2-4,7-10,12H2,1H3,(H,24,25,27,28)/t14-/m1/s1. The molecule has 2 aliphatic heterocycles. The Hall–Kier alpha value is -2.84. The summed E-state index contributed by atoms with van der Waals surface area (Å²) >= 11 is 0. The number of anilines is 3. The summed E-state index contributed by atoms with van der Waals surface area (Å²) in [6, 6.07) is 5.95. The zero-order valence-electron chi connectivity index (χ0n) is 17.2. The fraction of sp³-hybridized carbons (Fsp3) is 0.455. The Morgan fingerprint density at radius 3 is 2.83 bits per heavy atom. The Kier molecular flexibility index (Phi) is 5.18. The van der Waals surface area contributed by atoms with Crippen LogP contribution in [-0.4, -0.2) is 44.7 Å². The highest BCUT2D eigenvalue weighted by Crippen LogP contribution is 2.29. The molecule has 3 aromatic rings. The van der Waals surface area contributed by atoms with Gasteiger partial charge in [0.15, 0.2) is 5.82 Å². The van der Waals surface area contributed by atoms with Crippen LogP contribution in [0, 0.1) is 0 Å². The average Bonchev–Trinajstić information content (AvgIpc) is 2.79. The van der Waals surface area contributed by atoms with E-state index >= 15 is 0 Å². The third kappa shape index (κ3) is 3.80. The maximum absolute atomic E-state index is 10.1. The van der Waals surface area contributed by atoms with E-state index in [2.05, 4.69) is 26.6 Å². The molecule has 156 valence electrons. The minimum atomic E-state index is -0.634. The first-order valence-corrected chi connectivity index (χ1v) is 10.7. The maximum Gasteiger partial charge on any atom is 0.229 e. The fourth-order valence-electron chi connectivity index (χ4n) is 4.16. The second kappa shape index (κ2) is 8.12. The molecular formula is C22H27N7O. The number of nitrogens with one attached hydrogen (secondary N) is 2. The van der Waals surface area contributed by atoms with Crippen molar-refractivity contribution in [2.45, 2.75) is 45.3 Å². The van der Waals surface area contributed by atoms with Gasteiger partial charge in [0.1, 0.15) is 11.3 Å². The highest BCUT2D eigenvalue weighted by Gasteiger charge is 2.19. The van der Waals surface area contributed by atoms with Gasteiger partial charge in [-0.3, -0.25) is 0 Å². The number of nitrogens with zero attached hydrogens (tertiary/aromatic N) is 5. The predicted octanol–water partition coefficient (Wildman–Crippen LogP) is 2.85. The van der Waals surface area contributed by atoms with E-state index in [4.69, 9.17) is 15.0 Å². The van der Waals surface area contributed by atoms with Crippen molar-refractivity contribution < 1.29 is 5.11 Å². The predicted molar refractivity (Wildman–Crippen MR) is 117 cm³/mol. The molecule has 1 fully saturated rings. The van der Waals surface area contributed by atoms with Crippen molar-refractivity contribution in [2.24, 2.45) is 0 Å². The van der Waals surface area contributed by atoms with Crippen LogP contribution in [0.2, 0.25) is 0 Å². The van der Waals surface area contributed by atoms with Gasteiger partial charge in [-0.15, -0.1) is 0 Å². The smallest absolute Gasteiger partial charge is 0.229 e. The molecule has 0 aliphatic carbocycles. The van der Waals surface area contributed by atoms with Crippen LogP contribution < -0.4 is 15.5 Å². The first-order chi connectivity index (χ1) is 14.7. The largest absolute Gasteiger partial charge is 0.387 e. The highest BCUT2D eigenvalue weighted by atomic mass is 16.3. The van der Waals surface area contributed by atoms with E-state index in [-0.39, 0.29) is 0 Å². The van der Waals surface area contributed by atoms with Gasteiger partial charge in [-0.2, -0.15) is 0 Å². The molecule has 0 bridgehead atoms. The van der Waals surface area contributed by atoms with Crippen LogP contribution in [0.1, 0.15) is 49.2 Å². The second-order valence-corrected chi connectivity index (χ2v) is 8.08. The summed E-state index contributed by atoms with van der Waals surface area (Å²) in [5.41, 5.74) is 3.82. The molecule has 5 heterocycles. The number of fused-ring (bicyclic) bond motifs is 2. The van der Waals surface area contributed by atoms with Crippen molar-refractivity contribution in [3.05, 3.63) is 41.3 Å². The summed E-state index contributed by atoms with van der Waals surface area (Å²) < 4.78 is 0. The molecule has 0 saturated carbocycles. The molecule has 3 N–H and O–H groups in total. The van der Waals surface area contributed by atoms with Gasteiger partial charge in [-0.05, 0) is 43.9 Å². The Morgan fingerprint density at radius 1 is 1.13 bits per heavy atom. The van der Waals surface area contributed by atoms with Gasteiger partial charge in [0.25, 0.3) is 0 Å². The number of rotatable bonds is 4. The zero-order valence-corrected chi connectivity index (χ0v) is 17.2. The Balaban J connectivity index is 1.51. The van der Waals surface area contributed by atoms with Crippen LogP contribution in [0.15, 0.2) is 24.4 Å². The minimum absolute atomic E-state index is 0.508. The van der Waals surface area contributed by atoms with Crippen LogP contribution in [0.25, 0.3) is 10.9 Å². The lowest BCUT2D eigenvalue weighted by Gasteiger charge is -2.29. The molecule has 1 saturated heterocycles. The van der Waals surface area contributed by atoms with Gasteiger partial charge in [0.2, 0.25) is 5.95 Å². The Labute approximate surface area is 175 Å². The molecule has 0 aromatic carbocycles. The summed E-state index contributed by atoms with van der Waals surface area (Å²) in [6.45, 7) is 5.47. The van der Waals surface area contributed by atoms with E-state index in [1.165, 1.54) is 12.0 Å². The number of aliphatic hydroxyl groups excluding tert-OH is 1. The van der Waals surface area contributed by atoms with E-state index in [1.807, 2.05) is 12.1 Å². The van der Waals surface area contributed by atoms with E-state index in [0.717, 1.165) is 73.7 Å². The van der Waals surface area contributed by atoms with Crippen molar-refractivity contribution in [2.75, 3.05) is 29.9 Å². The van der Waals surface area contributed by atoms with Crippen LogP contribution in [-0.2, 0) is 13.0 Å². The average molecular weight is 406 g/mol. The molecular weight excluding hydrogens is 378 g/mol. The lowest BCUT2D eigenvalue weighted by Crippen LogP contribution is -2.30. The number of aromatic nitrogens is 4. The minimum Gasteiger partial charge on any atom is -0.387 e. The van der Waals surface area contributed by atoms with Crippen LogP contribution in [0.5, 0.6) is 0 Å². The molecule has 3 aromatic heterocycles. The molecule has 5 rings (SSSR count). The third-order valence-electron chi connectivity index (χ3n) is 5.81. The van der Waals surface area contributed by atoms with Crippen molar-refractivity contribution in [3.63, 3.8) is 0 Å². The first-order valence-electron chi connectivity index (χ1n) is 10.7. The van der Waals surface area contributed by atoms with E-state index in [0.29, 0.717) is 11.6 Å². The number of piperidine rings is 1. The summed E-state index contributed by atoms with van der Waals surface area (Å²) in [6.07, 6.45) is 5.62. The normalized spacial score (nSPS) is 17.6. The van der Waals surface area contributed by atoms with Crippen molar-refractivity contribution in [1.82, 2.24) is 25.3 Å². The number of aliphatic hydroxyl groups is 1. The molecule has 0 radical (unpaired) electrons. The van der Waals surface area contributed by atoms with Gasteiger partial charge in [0.05, 0.1) is 11.8 Å². The van der Waals surface area contributed by atoms with Crippen LogP contribution in [0.3, 0.4) is 0 Å². The van der Waals surface area contributed by atoms with Gasteiger partial charge >= 0.3 is 0 Å². The molecule has 0 spiro atoms. The van der Waals surface area contributed by atoms with Gasteiger partial charge in [0, 0.05) is 49.9 Å². The van der Waals surface area contributed by atoms with Crippen molar-refractivity contribution in [1.29, 1.82) is 0 Å². The lowest BCUT2D eigenvalue weighted by molar-refractivity contribution is 0.194. The zero-order chi connectivity index (χ0) is 20.5. The quantitative estimate of drug-likeness (QED) is 0.609. The molecule has 1 atom stereocenters. The Morgan fingerprint density at radius 2 is 2.00 bits per heavy atom. The number of pyridine rings is 2. The van der Waals surface area contributed by atoms with Gasteiger partial charge < -0.3 is 20.6 Å². The summed E-state index contributed by atoms with van der Waals surface area (Å²) in [5.74, 6) is 2.09. The SMILES string of the molecule is C[C@@H](O)c1cc2cnc(Nc3ccc4c(n3)CCNC4)nc2c(N2CCCCC2)n1. The second-order valence-electron chi connectivity index (χ2n) is 8.08. The maximum atomic E-state index is 10.1. The molecule has 8 heteroatoms. The van der Waals surface area contributed by atoms with Crippen LogP contribution in [0.4, 0.5) is 17.6 Å². The van der Waals surface area contributed by atoms with E-state index < -0.39 is 6.10 Å². The molecule has 8 nitrogen and oxygen atoms in total. The van der Waals surface area contributed by atoms with Crippen LogP contribution >= 0.6 is 0 Å². The summed E-state index contributed by atoms with van der Waals surface area (Å²) in [7, 11) is 0. The van der Waals surface area contributed by atoms with Crippen molar-refractivity contribution in [3.8, 4) is 0 Å². The van der Waals surface area contributed by atoms with Gasteiger partial charge in [-0.25, -0.2) is 19.9 Å². The molecule has 0 unspecified atom stereocenters.